The lowest BCUT2D eigenvalue weighted by Gasteiger charge is -2.39. The van der Waals surface area contributed by atoms with Crippen molar-refractivity contribution in [3.63, 3.8) is 0 Å². The van der Waals surface area contributed by atoms with E-state index >= 15 is 0 Å². The van der Waals surface area contributed by atoms with Gasteiger partial charge in [0, 0.05) is 30.4 Å². The Bertz CT molecular complexity index is 605. The van der Waals surface area contributed by atoms with Crippen molar-refractivity contribution < 1.29 is 14.3 Å². The van der Waals surface area contributed by atoms with Crippen LogP contribution in [-0.4, -0.2) is 48.7 Å². The maximum absolute atomic E-state index is 12.7. The molecule has 0 aliphatic carbocycles. The average Bonchev–Trinajstić information content (AvgIpc) is 2.53. The fraction of sp³-hybridized carbons (Fsp3) is 0.579. The molecule has 6 nitrogen and oxygen atoms in total. The summed E-state index contributed by atoms with van der Waals surface area (Å²) in [7, 11) is 0. The number of ether oxygens (including phenoxy) is 1. The lowest BCUT2D eigenvalue weighted by molar-refractivity contribution is -0.0706. The second-order valence-corrected chi connectivity index (χ2v) is 7.81. The van der Waals surface area contributed by atoms with E-state index in [0.29, 0.717) is 30.9 Å². The van der Waals surface area contributed by atoms with Gasteiger partial charge >= 0.3 is 6.03 Å². The molecule has 0 saturated carbocycles. The van der Waals surface area contributed by atoms with E-state index in [1.807, 2.05) is 18.7 Å². The van der Waals surface area contributed by atoms with Crippen LogP contribution in [0.2, 0.25) is 0 Å². The quantitative estimate of drug-likeness (QED) is 0.882. The summed E-state index contributed by atoms with van der Waals surface area (Å²) in [5, 5.41) is 5.51. The molecule has 6 heteroatoms. The Balaban J connectivity index is 1.99. The fourth-order valence-electron chi connectivity index (χ4n) is 2.67. The predicted molar refractivity (Wildman–Crippen MR) is 98.8 cm³/mol. The Hall–Kier alpha value is -2.08. The molecular formula is C19H29N3O3. The van der Waals surface area contributed by atoms with Crippen molar-refractivity contribution in [1.82, 2.24) is 10.2 Å². The average molecular weight is 347 g/mol. The van der Waals surface area contributed by atoms with Gasteiger partial charge in [0.25, 0.3) is 5.91 Å². The molecule has 3 amide bonds. The van der Waals surface area contributed by atoms with Gasteiger partial charge in [-0.05, 0) is 43.5 Å². The van der Waals surface area contributed by atoms with Crippen molar-refractivity contribution in [3.8, 4) is 0 Å². The standard InChI is InChI=1S/C19H29N3O3/c1-13(2)20-18(24)21-15-8-6-14(7-9-15)17(23)22-10-11-25-16(12-22)19(3,4)5/h6-9,13,16H,10-12H2,1-5H3,(H2,20,21,24)/t16-/m0/s1. The van der Waals surface area contributed by atoms with Crippen molar-refractivity contribution in [1.29, 1.82) is 0 Å². The lowest BCUT2D eigenvalue weighted by Crippen LogP contribution is -2.50. The van der Waals surface area contributed by atoms with Gasteiger partial charge in [-0.1, -0.05) is 20.8 Å². The molecule has 0 unspecified atom stereocenters. The minimum absolute atomic E-state index is 0.00347. The van der Waals surface area contributed by atoms with E-state index in [-0.39, 0.29) is 29.5 Å². The minimum Gasteiger partial charge on any atom is -0.374 e. The number of morpholine rings is 1. The third-order valence-corrected chi connectivity index (χ3v) is 4.13. The Morgan fingerprint density at radius 1 is 1.20 bits per heavy atom. The van der Waals surface area contributed by atoms with Crippen LogP contribution in [0.1, 0.15) is 45.0 Å². The second-order valence-electron chi connectivity index (χ2n) is 7.81. The number of rotatable bonds is 3. The smallest absolute Gasteiger partial charge is 0.319 e. The first kappa shape index (κ1) is 19.2. The van der Waals surface area contributed by atoms with Crippen molar-refractivity contribution in [2.75, 3.05) is 25.0 Å². The molecule has 1 aliphatic heterocycles. The molecule has 1 atom stereocenters. The Labute approximate surface area is 149 Å². The van der Waals surface area contributed by atoms with Gasteiger partial charge in [-0.2, -0.15) is 0 Å². The number of hydrogen-bond acceptors (Lipinski definition) is 3. The molecule has 25 heavy (non-hydrogen) atoms. The Morgan fingerprint density at radius 3 is 2.40 bits per heavy atom. The molecule has 1 aromatic rings. The number of nitrogens with one attached hydrogen (secondary N) is 2. The zero-order valence-corrected chi connectivity index (χ0v) is 15.8. The van der Waals surface area contributed by atoms with E-state index < -0.39 is 0 Å². The summed E-state index contributed by atoms with van der Waals surface area (Å²) in [5.74, 6) is -0.00395. The highest BCUT2D eigenvalue weighted by molar-refractivity contribution is 5.95. The maximum Gasteiger partial charge on any atom is 0.319 e. The van der Waals surface area contributed by atoms with E-state index in [4.69, 9.17) is 4.74 Å². The first-order chi connectivity index (χ1) is 11.7. The molecule has 0 spiro atoms. The fourth-order valence-corrected chi connectivity index (χ4v) is 2.67. The lowest BCUT2D eigenvalue weighted by atomic mass is 9.88. The number of carbonyl (C=O) groups excluding carboxylic acids is 2. The summed E-state index contributed by atoms with van der Waals surface area (Å²) in [6.07, 6.45) is 0.0332. The summed E-state index contributed by atoms with van der Waals surface area (Å²) in [4.78, 5) is 26.3. The maximum atomic E-state index is 12.7. The summed E-state index contributed by atoms with van der Waals surface area (Å²) in [6, 6.07) is 6.79. The van der Waals surface area contributed by atoms with Crippen LogP contribution in [0.3, 0.4) is 0 Å². The molecule has 1 aliphatic rings. The highest BCUT2D eigenvalue weighted by atomic mass is 16.5. The molecule has 2 rings (SSSR count). The molecule has 1 fully saturated rings. The summed E-state index contributed by atoms with van der Waals surface area (Å²) >= 11 is 0. The molecule has 1 saturated heterocycles. The van der Waals surface area contributed by atoms with Gasteiger partial charge in [-0.15, -0.1) is 0 Å². The molecular weight excluding hydrogens is 318 g/mol. The van der Waals surface area contributed by atoms with Crippen LogP contribution in [0.15, 0.2) is 24.3 Å². The number of amides is 3. The van der Waals surface area contributed by atoms with Crippen molar-refractivity contribution >= 4 is 17.6 Å². The zero-order valence-electron chi connectivity index (χ0n) is 15.8. The molecule has 1 heterocycles. The molecule has 0 radical (unpaired) electrons. The van der Waals surface area contributed by atoms with Crippen LogP contribution in [0.5, 0.6) is 0 Å². The number of urea groups is 1. The van der Waals surface area contributed by atoms with E-state index in [2.05, 4.69) is 31.4 Å². The monoisotopic (exact) mass is 347 g/mol. The first-order valence-corrected chi connectivity index (χ1v) is 8.75. The van der Waals surface area contributed by atoms with Gasteiger partial charge in [0.15, 0.2) is 0 Å². The van der Waals surface area contributed by atoms with E-state index in [9.17, 15) is 9.59 Å². The van der Waals surface area contributed by atoms with Crippen LogP contribution in [0.25, 0.3) is 0 Å². The Kier molecular flexibility index (Phi) is 6.06. The van der Waals surface area contributed by atoms with Crippen molar-refractivity contribution in [3.05, 3.63) is 29.8 Å². The second kappa shape index (κ2) is 7.87. The molecule has 0 aromatic heterocycles. The summed E-state index contributed by atoms with van der Waals surface area (Å²) in [6.45, 7) is 11.9. The van der Waals surface area contributed by atoms with Crippen LogP contribution in [-0.2, 0) is 4.74 Å². The van der Waals surface area contributed by atoms with Crippen molar-refractivity contribution in [2.24, 2.45) is 5.41 Å². The number of nitrogens with zero attached hydrogens (tertiary/aromatic N) is 1. The van der Waals surface area contributed by atoms with Gasteiger partial charge in [-0.25, -0.2) is 4.79 Å². The van der Waals surface area contributed by atoms with Crippen LogP contribution in [0, 0.1) is 5.41 Å². The minimum atomic E-state index is -0.254. The largest absolute Gasteiger partial charge is 0.374 e. The normalized spacial score (nSPS) is 18.2. The zero-order chi connectivity index (χ0) is 18.6. The molecule has 1 aromatic carbocycles. The van der Waals surface area contributed by atoms with Crippen molar-refractivity contribution in [2.45, 2.75) is 46.8 Å². The number of carbonyl (C=O) groups is 2. The molecule has 2 N–H and O–H groups in total. The highest BCUT2D eigenvalue weighted by Crippen LogP contribution is 2.26. The Morgan fingerprint density at radius 2 is 1.84 bits per heavy atom. The van der Waals surface area contributed by atoms with Crippen LogP contribution < -0.4 is 10.6 Å². The third kappa shape index (κ3) is 5.46. The SMILES string of the molecule is CC(C)NC(=O)Nc1ccc(C(=O)N2CCO[C@H](C(C)(C)C)C2)cc1. The number of anilines is 1. The number of benzene rings is 1. The van der Waals surface area contributed by atoms with Gasteiger partial charge < -0.3 is 20.3 Å². The van der Waals surface area contributed by atoms with Gasteiger partial charge in [0.05, 0.1) is 12.7 Å². The number of hydrogen-bond donors (Lipinski definition) is 2. The summed E-state index contributed by atoms with van der Waals surface area (Å²) < 4.78 is 5.80. The van der Waals surface area contributed by atoms with Gasteiger partial charge in [0.1, 0.15) is 0 Å². The van der Waals surface area contributed by atoms with Crippen LogP contribution >= 0.6 is 0 Å². The van der Waals surface area contributed by atoms with E-state index in [0.717, 1.165) is 0 Å². The third-order valence-electron chi connectivity index (χ3n) is 4.13. The van der Waals surface area contributed by atoms with Gasteiger partial charge in [-0.3, -0.25) is 4.79 Å². The van der Waals surface area contributed by atoms with Gasteiger partial charge in [0.2, 0.25) is 0 Å². The van der Waals surface area contributed by atoms with E-state index in [1.54, 1.807) is 24.3 Å². The van der Waals surface area contributed by atoms with Crippen LogP contribution in [0.4, 0.5) is 10.5 Å². The molecule has 0 bridgehead atoms. The molecule has 138 valence electrons. The summed E-state index contributed by atoms with van der Waals surface area (Å²) in [5.41, 5.74) is 1.27. The topological polar surface area (TPSA) is 70.7 Å². The predicted octanol–water partition coefficient (Wildman–Crippen LogP) is 3.10. The highest BCUT2D eigenvalue weighted by Gasteiger charge is 2.32. The van der Waals surface area contributed by atoms with E-state index in [1.165, 1.54) is 0 Å². The first-order valence-electron chi connectivity index (χ1n) is 8.75.